The largest absolute Gasteiger partial charge is 0.480 e. The number of hydrogen-bond donors (Lipinski definition) is 2. The van der Waals surface area contributed by atoms with Gasteiger partial charge in [0.1, 0.15) is 0 Å². The Morgan fingerprint density at radius 3 is 1.93 bits per heavy atom. The fourth-order valence-electron chi connectivity index (χ4n) is 4.58. The average Bonchev–Trinajstić information content (AvgIpc) is 3.04. The van der Waals surface area contributed by atoms with Gasteiger partial charge in [-0.2, -0.15) is 0 Å². The molecule has 4 rings (SSSR count). The zero-order valence-electron chi connectivity index (χ0n) is 17.1. The maximum atomic E-state index is 12.7. The fraction of sp³-hybridized carbons (Fsp3) is 0.154. The first-order valence-electron chi connectivity index (χ1n) is 9.75. The van der Waals surface area contributed by atoms with E-state index in [1.807, 2.05) is 51.1 Å². The molecule has 150 valence electrons. The van der Waals surface area contributed by atoms with Crippen LogP contribution in [0.25, 0.3) is 11.1 Å². The van der Waals surface area contributed by atoms with Gasteiger partial charge in [-0.3, -0.25) is 9.59 Å². The van der Waals surface area contributed by atoms with Crippen molar-refractivity contribution in [1.29, 1.82) is 0 Å². The monoisotopic (exact) mass is 398 g/mol. The van der Waals surface area contributed by atoms with Crippen LogP contribution >= 0.6 is 0 Å². The molecule has 0 spiro atoms. The summed E-state index contributed by atoms with van der Waals surface area (Å²) in [4.78, 5) is 25.4. The van der Waals surface area contributed by atoms with Crippen molar-refractivity contribution in [1.82, 2.24) is 0 Å². The molecule has 30 heavy (non-hydrogen) atoms. The molecule has 0 aromatic heterocycles. The average molecular weight is 398 g/mol. The van der Waals surface area contributed by atoms with E-state index in [1.165, 1.54) is 0 Å². The number of rotatable bonds is 4. The predicted molar refractivity (Wildman–Crippen MR) is 116 cm³/mol. The van der Waals surface area contributed by atoms with E-state index in [-0.39, 0.29) is 0 Å². The smallest absolute Gasteiger partial charge is 0.330 e. The minimum atomic E-state index is -2.18. The highest BCUT2D eigenvalue weighted by atomic mass is 16.4. The van der Waals surface area contributed by atoms with Crippen molar-refractivity contribution >= 4 is 23.1 Å². The molecule has 0 amide bonds. The van der Waals surface area contributed by atoms with Crippen molar-refractivity contribution in [2.75, 3.05) is 0 Å². The van der Waals surface area contributed by atoms with Crippen LogP contribution in [0.5, 0.6) is 0 Å². The highest BCUT2D eigenvalue weighted by molar-refractivity contribution is 6.27. The summed E-state index contributed by atoms with van der Waals surface area (Å²) < 4.78 is 0. The van der Waals surface area contributed by atoms with Crippen LogP contribution < -0.4 is 0 Å². The second-order valence-electron chi connectivity index (χ2n) is 7.72. The minimum Gasteiger partial charge on any atom is -0.480 e. The number of aryl methyl sites for hydroxylation is 2. The van der Waals surface area contributed by atoms with Gasteiger partial charge < -0.3 is 10.2 Å². The van der Waals surface area contributed by atoms with Gasteiger partial charge in [0.05, 0.1) is 0 Å². The number of benzene rings is 3. The fourth-order valence-corrected chi connectivity index (χ4v) is 4.58. The lowest BCUT2D eigenvalue weighted by atomic mass is 9.74. The van der Waals surface area contributed by atoms with E-state index in [4.69, 9.17) is 0 Å². The number of aliphatic carboxylic acids is 2. The summed E-state index contributed by atoms with van der Waals surface area (Å²) in [5.41, 5.74) is 4.28. The third-order valence-electron chi connectivity index (χ3n) is 6.12. The summed E-state index contributed by atoms with van der Waals surface area (Å²) in [5, 5.41) is 20.7. The molecule has 0 fully saturated rings. The maximum absolute atomic E-state index is 12.7. The molecule has 0 heterocycles. The molecule has 0 aliphatic heterocycles. The molecule has 1 aliphatic rings. The zero-order chi connectivity index (χ0) is 21.6. The third-order valence-corrected chi connectivity index (χ3v) is 6.12. The minimum absolute atomic E-state index is 0.291. The first kappa shape index (κ1) is 19.6. The molecule has 3 aromatic rings. The van der Waals surface area contributed by atoms with E-state index in [1.54, 1.807) is 36.4 Å². The summed E-state index contributed by atoms with van der Waals surface area (Å²) in [5.74, 6) is -2.78. The van der Waals surface area contributed by atoms with Crippen molar-refractivity contribution in [3.05, 3.63) is 106 Å². The van der Waals surface area contributed by atoms with Gasteiger partial charge >= 0.3 is 11.9 Å². The van der Waals surface area contributed by atoms with E-state index in [0.717, 1.165) is 22.3 Å². The molecule has 4 nitrogen and oxygen atoms in total. The van der Waals surface area contributed by atoms with Crippen LogP contribution in [0.1, 0.15) is 38.9 Å². The van der Waals surface area contributed by atoms with Crippen LogP contribution in [0.4, 0.5) is 0 Å². The summed E-state index contributed by atoms with van der Waals surface area (Å²) in [6, 6.07) is 20.0. The van der Waals surface area contributed by atoms with E-state index < -0.39 is 17.4 Å². The lowest BCUT2D eigenvalue weighted by Crippen LogP contribution is -2.43. The van der Waals surface area contributed by atoms with Gasteiger partial charge in [-0.05, 0) is 65.3 Å². The number of carboxylic acids is 2. The molecular weight excluding hydrogens is 376 g/mol. The van der Waals surface area contributed by atoms with Gasteiger partial charge in [0, 0.05) is 5.57 Å². The van der Waals surface area contributed by atoms with E-state index in [9.17, 15) is 19.8 Å². The highest BCUT2D eigenvalue weighted by Crippen LogP contribution is 2.54. The Bertz CT molecular complexity index is 1210. The van der Waals surface area contributed by atoms with Gasteiger partial charge in [-0.1, -0.05) is 66.7 Å². The standard InChI is InChI=1S/C26H22O4/c1-15-13-14-16(2)21(17(15)3)22-19-11-7-8-12-20(19)26(24(27)28,25(29)30)23(22)18-9-5-4-6-10-18/h4-14H,1-3H3,(H,27,28)(H,29,30). The molecule has 3 aromatic carbocycles. The summed E-state index contributed by atoms with van der Waals surface area (Å²) in [6.07, 6.45) is 0. The van der Waals surface area contributed by atoms with Gasteiger partial charge in [0.15, 0.2) is 0 Å². The van der Waals surface area contributed by atoms with Crippen molar-refractivity contribution in [2.45, 2.75) is 26.2 Å². The van der Waals surface area contributed by atoms with Crippen LogP contribution in [-0.2, 0) is 15.0 Å². The molecule has 0 saturated heterocycles. The maximum Gasteiger partial charge on any atom is 0.330 e. The number of carboxylic acid groups (broad SMARTS) is 2. The number of hydrogen-bond acceptors (Lipinski definition) is 2. The SMILES string of the molecule is Cc1ccc(C)c(C2=C(c3ccccc3)C(C(=O)O)(C(=O)O)c3ccccc32)c1C. The molecule has 0 unspecified atom stereocenters. The molecule has 0 bridgehead atoms. The van der Waals surface area contributed by atoms with Crippen molar-refractivity contribution in [3.8, 4) is 0 Å². The second-order valence-corrected chi connectivity index (χ2v) is 7.72. The predicted octanol–water partition coefficient (Wildman–Crippen LogP) is 4.99. The van der Waals surface area contributed by atoms with Gasteiger partial charge in [-0.25, -0.2) is 0 Å². The summed E-state index contributed by atoms with van der Waals surface area (Å²) >= 11 is 0. The van der Waals surface area contributed by atoms with E-state index in [2.05, 4.69) is 0 Å². The van der Waals surface area contributed by atoms with Crippen molar-refractivity contribution in [3.63, 3.8) is 0 Å². The van der Waals surface area contributed by atoms with Crippen molar-refractivity contribution in [2.24, 2.45) is 0 Å². The molecular formula is C26H22O4. The van der Waals surface area contributed by atoms with E-state index in [0.29, 0.717) is 27.8 Å². The third kappa shape index (κ3) is 2.53. The quantitative estimate of drug-likeness (QED) is 0.607. The molecule has 0 saturated carbocycles. The van der Waals surface area contributed by atoms with Gasteiger partial charge in [-0.15, -0.1) is 0 Å². The Morgan fingerprint density at radius 2 is 1.30 bits per heavy atom. The second kappa shape index (κ2) is 6.99. The van der Waals surface area contributed by atoms with Crippen LogP contribution in [0, 0.1) is 20.8 Å². The van der Waals surface area contributed by atoms with Crippen LogP contribution in [0.15, 0.2) is 66.7 Å². The Kier molecular flexibility index (Phi) is 4.58. The Balaban J connectivity index is 2.28. The summed E-state index contributed by atoms with van der Waals surface area (Å²) in [6.45, 7) is 5.97. The number of fused-ring (bicyclic) bond motifs is 1. The lowest BCUT2D eigenvalue weighted by Gasteiger charge is -2.25. The normalized spacial score (nSPS) is 14.5. The topological polar surface area (TPSA) is 74.6 Å². The van der Waals surface area contributed by atoms with Crippen molar-refractivity contribution < 1.29 is 19.8 Å². The zero-order valence-corrected chi connectivity index (χ0v) is 17.1. The molecule has 0 atom stereocenters. The Hall–Kier alpha value is -3.66. The number of carbonyl (C=O) groups is 2. The highest BCUT2D eigenvalue weighted by Gasteiger charge is 2.58. The van der Waals surface area contributed by atoms with Crippen LogP contribution in [-0.4, -0.2) is 22.2 Å². The first-order chi connectivity index (χ1) is 14.3. The van der Waals surface area contributed by atoms with Gasteiger partial charge in [0.25, 0.3) is 0 Å². The molecule has 4 heteroatoms. The Labute approximate surface area is 175 Å². The van der Waals surface area contributed by atoms with Gasteiger partial charge in [0.2, 0.25) is 5.41 Å². The molecule has 1 aliphatic carbocycles. The first-order valence-corrected chi connectivity index (χ1v) is 9.75. The molecule has 2 N–H and O–H groups in total. The van der Waals surface area contributed by atoms with Crippen LogP contribution in [0.2, 0.25) is 0 Å². The van der Waals surface area contributed by atoms with Crippen LogP contribution in [0.3, 0.4) is 0 Å². The Morgan fingerprint density at radius 1 is 0.733 bits per heavy atom. The molecule has 0 radical (unpaired) electrons. The van der Waals surface area contributed by atoms with E-state index >= 15 is 0 Å². The summed E-state index contributed by atoms with van der Waals surface area (Å²) in [7, 11) is 0. The lowest BCUT2D eigenvalue weighted by molar-refractivity contribution is -0.153.